The second kappa shape index (κ2) is 4.39. The van der Waals surface area contributed by atoms with Crippen molar-refractivity contribution in [2.45, 2.75) is 26.3 Å². The molecule has 0 bridgehead atoms. The molecule has 0 saturated heterocycles. The lowest BCUT2D eigenvalue weighted by atomic mass is 10.0. The molecule has 1 atom stereocenters. The highest BCUT2D eigenvalue weighted by Gasteiger charge is 2.08. The van der Waals surface area contributed by atoms with E-state index in [1.165, 1.54) is 5.56 Å². The Kier molecular flexibility index (Phi) is 2.95. The highest BCUT2D eigenvalue weighted by atomic mass is 15.1. The quantitative estimate of drug-likeness (QED) is 0.855. The van der Waals surface area contributed by atoms with E-state index in [1.54, 1.807) is 0 Å². The van der Waals surface area contributed by atoms with Crippen molar-refractivity contribution in [2.75, 3.05) is 5.73 Å². The lowest BCUT2D eigenvalue weighted by Gasteiger charge is -2.13. The molecular formula is C13H17N3. The molecule has 0 radical (unpaired) electrons. The molecule has 0 fully saturated rings. The molecular weight excluding hydrogens is 198 g/mol. The summed E-state index contributed by atoms with van der Waals surface area (Å²) in [6.45, 7) is 5.03. The van der Waals surface area contributed by atoms with E-state index >= 15 is 0 Å². The maximum absolute atomic E-state index is 5.82. The number of anilines is 1. The molecule has 16 heavy (non-hydrogen) atoms. The lowest BCUT2D eigenvalue weighted by Crippen LogP contribution is -2.08. The van der Waals surface area contributed by atoms with Gasteiger partial charge in [-0.15, -0.1) is 0 Å². The van der Waals surface area contributed by atoms with Crippen LogP contribution in [0.25, 0.3) is 0 Å². The van der Waals surface area contributed by atoms with E-state index in [0.29, 0.717) is 11.9 Å². The number of hydrogen-bond acceptors (Lipinski definition) is 2. The van der Waals surface area contributed by atoms with Gasteiger partial charge in [-0.3, -0.25) is 0 Å². The molecule has 2 aromatic rings. The van der Waals surface area contributed by atoms with E-state index in [4.69, 9.17) is 5.73 Å². The van der Waals surface area contributed by atoms with Crippen molar-refractivity contribution in [1.82, 2.24) is 9.55 Å². The molecule has 1 aromatic carbocycles. The zero-order valence-electron chi connectivity index (χ0n) is 9.72. The topological polar surface area (TPSA) is 43.8 Å². The van der Waals surface area contributed by atoms with Gasteiger partial charge in [-0.25, -0.2) is 4.98 Å². The monoisotopic (exact) mass is 215 g/mol. The van der Waals surface area contributed by atoms with Crippen LogP contribution < -0.4 is 5.73 Å². The molecule has 1 unspecified atom stereocenters. The number of nitrogens with two attached hydrogens (primary N) is 1. The molecule has 0 spiro atoms. The molecule has 0 amide bonds. The second-order valence-corrected chi connectivity index (χ2v) is 4.20. The van der Waals surface area contributed by atoms with E-state index < -0.39 is 0 Å². The molecule has 2 N–H and O–H groups in total. The van der Waals surface area contributed by atoms with Crippen LogP contribution in [0.4, 0.5) is 5.95 Å². The zero-order chi connectivity index (χ0) is 11.5. The summed E-state index contributed by atoms with van der Waals surface area (Å²) in [6, 6.07) is 10.4. The predicted molar refractivity (Wildman–Crippen MR) is 66.2 cm³/mol. The summed E-state index contributed by atoms with van der Waals surface area (Å²) >= 11 is 0. The fourth-order valence-corrected chi connectivity index (χ4v) is 1.89. The fourth-order valence-electron chi connectivity index (χ4n) is 1.89. The minimum absolute atomic E-state index is 0.442. The third kappa shape index (κ3) is 2.24. The molecule has 84 valence electrons. The van der Waals surface area contributed by atoms with Crippen molar-refractivity contribution in [1.29, 1.82) is 0 Å². The molecule has 0 aliphatic carbocycles. The fraction of sp³-hybridized carbons (Fsp3) is 0.308. The van der Waals surface area contributed by atoms with Crippen molar-refractivity contribution < 1.29 is 0 Å². The average molecular weight is 215 g/mol. The number of nitrogen functional groups attached to an aromatic ring is 1. The van der Waals surface area contributed by atoms with Crippen LogP contribution >= 0.6 is 0 Å². The van der Waals surface area contributed by atoms with Gasteiger partial charge in [0.15, 0.2) is 5.95 Å². The summed E-state index contributed by atoms with van der Waals surface area (Å²) in [7, 11) is 0. The highest BCUT2D eigenvalue weighted by Crippen LogP contribution is 2.18. The second-order valence-electron chi connectivity index (χ2n) is 4.20. The van der Waals surface area contributed by atoms with Crippen LogP contribution in [-0.2, 0) is 6.54 Å². The van der Waals surface area contributed by atoms with Gasteiger partial charge in [0.1, 0.15) is 0 Å². The van der Waals surface area contributed by atoms with Gasteiger partial charge >= 0.3 is 0 Å². The Balaban J connectivity index is 2.14. The average Bonchev–Trinajstić information content (AvgIpc) is 2.59. The minimum atomic E-state index is 0.442. The largest absolute Gasteiger partial charge is 0.369 e. The maximum Gasteiger partial charge on any atom is 0.200 e. The van der Waals surface area contributed by atoms with Crippen LogP contribution in [0.3, 0.4) is 0 Å². The van der Waals surface area contributed by atoms with E-state index in [0.717, 1.165) is 12.2 Å². The van der Waals surface area contributed by atoms with Gasteiger partial charge in [-0.05, 0) is 18.4 Å². The van der Waals surface area contributed by atoms with E-state index in [1.807, 2.05) is 23.8 Å². The van der Waals surface area contributed by atoms with Crippen LogP contribution in [0.15, 0.2) is 36.5 Å². The van der Waals surface area contributed by atoms with E-state index in [-0.39, 0.29) is 0 Å². The van der Waals surface area contributed by atoms with E-state index in [9.17, 15) is 0 Å². The van der Waals surface area contributed by atoms with Gasteiger partial charge in [0, 0.05) is 12.7 Å². The third-order valence-electron chi connectivity index (χ3n) is 2.77. The Labute approximate surface area is 95.9 Å². The Morgan fingerprint density at radius 2 is 2.00 bits per heavy atom. The zero-order valence-corrected chi connectivity index (χ0v) is 9.72. The summed E-state index contributed by atoms with van der Waals surface area (Å²) in [5.74, 6) is 1.04. The van der Waals surface area contributed by atoms with Gasteiger partial charge in [0.25, 0.3) is 0 Å². The number of nitrogens with zero attached hydrogens (tertiary/aromatic N) is 2. The van der Waals surface area contributed by atoms with Crippen molar-refractivity contribution in [3.63, 3.8) is 0 Å². The molecule has 3 nitrogen and oxygen atoms in total. The molecule has 2 rings (SSSR count). The number of aromatic nitrogens is 2. The van der Waals surface area contributed by atoms with Crippen LogP contribution in [0, 0.1) is 6.92 Å². The maximum atomic E-state index is 5.82. The number of hydrogen-bond donors (Lipinski definition) is 1. The molecule has 3 heteroatoms. The summed E-state index contributed by atoms with van der Waals surface area (Å²) < 4.78 is 2.01. The molecule has 0 aliphatic rings. The van der Waals surface area contributed by atoms with Gasteiger partial charge < -0.3 is 10.3 Å². The van der Waals surface area contributed by atoms with Crippen molar-refractivity contribution in [3.8, 4) is 0 Å². The number of imidazole rings is 1. The molecule has 1 heterocycles. The summed E-state index contributed by atoms with van der Waals surface area (Å²) in [5, 5.41) is 0. The lowest BCUT2D eigenvalue weighted by molar-refractivity contribution is 0.603. The van der Waals surface area contributed by atoms with Crippen LogP contribution in [0.5, 0.6) is 0 Å². The Hall–Kier alpha value is -1.77. The SMILES string of the molecule is Cc1cn(CC(C)c2ccccc2)c(N)n1. The molecule has 0 aliphatic heterocycles. The standard InChI is InChI=1S/C13H17N3/c1-10(12-6-4-3-5-7-12)8-16-9-11(2)15-13(16)14/h3-7,9-10H,8H2,1-2H3,(H2,14,15). The van der Waals surface area contributed by atoms with Crippen molar-refractivity contribution in [2.24, 2.45) is 0 Å². The first kappa shape index (κ1) is 10.7. The molecule has 1 aromatic heterocycles. The Morgan fingerprint density at radius 3 is 2.56 bits per heavy atom. The van der Waals surface area contributed by atoms with Crippen LogP contribution in [-0.4, -0.2) is 9.55 Å². The number of benzene rings is 1. The van der Waals surface area contributed by atoms with Gasteiger partial charge in [-0.1, -0.05) is 37.3 Å². The third-order valence-corrected chi connectivity index (χ3v) is 2.77. The highest BCUT2D eigenvalue weighted by molar-refractivity contribution is 5.23. The number of rotatable bonds is 3. The summed E-state index contributed by atoms with van der Waals surface area (Å²) in [5.41, 5.74) is 8.12. The first-order chi connectivity index (χ1) is 7.66. The minimum Gasteiger partial charge on any atom is -0.369 e. The molecule has 0 saturated carbocycles. The van der Waals surface area contributed by atoms with Crippen molar-refractivity contribution >= 4 is 5.95 Å². The van der Waals surface area contributed by atoms with Crippen LogP contribution in [0.1, 0.15) is 24.1 Å². The Bertz CT molecular complexity index is 459. The van der Waals surface area contributed by atoms with E-state index in [2.05, 4.69) is 36.2 Å². The van der Waals surface area contributed by atoms with Gasteiger partial charge in [-0.2, -0.15) is 0 Å². The van der Waals surface area contributed by atoms with Crippen LogP contribution in [0.2, 0.25) is 0 Å². The van der Waals surface area contributed by atoms with Crippen molar-refractivity contribution in [3.05, 3.63) is 47.8 Å². The normalized spacial score (nSPS) is 12.6. The first-order valence-electron chi connectivity index (χ1n) is 5.51. The Morgan fingerprint density at radius 1 is 1.31 bits per heavy atom. The first-order valence-corrected chi connectivity index (χ1v) is 5.51. The van der Waals surface area contributed by atoms with Gasteiger partial charge in [0.05, 0.1) is 5.69 Å². The smallest absolute Gasteiger partial charge is 0.200 e. The van der Waals surface area contributed by atoms with Gasteiger partial charge in [0.2, 0.25) is 0 Å². The predicted octanol–water partition coefficient (Wildman–Crippen LogP) is 2.58. The summed E-state index contributed by atoms with van der Waals surface area (Å²) in [6.07, 6.45) is 1.99. The summed E-state index contributed by atoms with van der Waals surface area (Å²) in [4.78, 5) is 4.20. The number of aryl methyl sites for hydroxylation is 1.